The third-order valence-corrected chi connectivity index (χ3v) is 6.44. The maximum atomic E-state index is 10.7. The van der Waals surface area contributed by atoms with Crippen LogP contribution in [0.4, 0.5) is 0 Å². The van der Waals surface area contributed by atoms with Gasteiger partial charge in [-0.05, 0) is 74.9 Å². The smallest absolute Gasteiger partial charge is 0.124 e. The quantitative estimate of drug-likeness (QED) is 0.582. The Hall–Kier alpha value is -2.04. The van der Waals surface area contributed by atoms with E-state index in [0.717, 1.165) is 47.9 Å². The molecule has 4 heteroatoms. The van der Waals surface area contributed by atoms with Gasteiger partial charge in [-0.15, -0.1) is 0 Å². The fourth-order valence-corrected chi connectivity index (χ4v) is 4.79. The van der Waals surface area contributed by atoms with Crippen LogP contribution in [0.1, 0.15) is 79.3 Å². The summed E-state index contributed by atoms with van der Waals surface area (Å²) >= 11 is 0. The van der Waals surface area contributed by atoms with Crippen LogP contribution in [-0.2, 0) is 28.1 Å². The van der Waals surface area contributed by atoms with Gasteiger partial charge in [-0.3, -0.25) is 0 Å². The fourth-order valence-electron chi connectivity index (χ4n) is 4.79. The fraction of sp³-hybridized carbons (Fsp3) is 0.538. The molecule has 0 aliphatic heterocycles. The SMILES string of the molecule is COCc1cc(C2(c3cc(C)c(O)c(COC(C)C)c3)CCCCC2)cc(C)c1O. The normalized spacial score (nSPS) is 16.2. The first kappa shape index (κ1) is 22.6. The van der Waals surface area contributed by atoms with Crippen LogP contribution in [-0.4, -0.2) is 23.4 Å². The molecule has 164 valence electrons. The Kier molecular flexibility index (Phi) is 7.10. The molecule has 4 nitrogen and oxygen atoms in total. The highest BCUT2D eigenvalue weighted by Crippen LogP contribution is 2.47. The van der Waals surface area contributed by atoms with Crippen LogP contribution in [0.2, 0.25) is 0 Å². The minimum atomic E-state index is -0.135. The molecule has 0 saturated heterocycles. The van der Waals surface area contributed by atoms with Crippen molar-refractivity contribution >= 4 is 0 Å². The van der Waals surface area contributed by atoms with Crippen LogP contribution in [0.25, 0.3) is 0 Å². The van der Waals surface area contributed by atoms with Crippen LogP contribution in [0, 0.1) is 13.8 Å². The molecule has 30 heavy (non-hydrogen) atoms. The molecular formula is C26H36O4. The Morgan fingerprint density at radius 1 is 0.833 bits per heavy atom. The van der Waals surface area contributed by atoms with Gasteiger partial charge in [0.1, 0.15) is 11.5 Å². The lowest BCUT2D eigenvalue weighted by Gasteiger charge is -2.40. The van der Waals surface area contributed by atoms with Gasteiger partial charge in [0.2, 0.25) is 0 Å². The molecule has 0 spiro atoms. The molecule has 2 aromatic rings. The summed E-state index contributed by atoms with van der Waals surface area (Å²) in [4.78, 5) is 0. The van der Waals surface area contributed by atoms with Crippen molar-refractivity contribution in [2.45, 2.75) is 84.5 Å². The van der Waals surface area contributed by atoms with Crippen molar-refractivity contribution in [2.75, 3.05) is 7.11 Å². The van der Waals surface area contributed by atoms with Crippen molar-refractivity contribution < 1.29 is 19.7 Å². The lowest BCUT2D eigenvalue weighted by atomic mass is 9.64. The molecule has 0 atom stereocenters. The maximum absolute atomic E-state index is 10.7. The summed E-state index contributed by atoms with van der Waals surface area (Å²) in [7, 11) is 1.65. The van der Waals surface area contributed by atoms with Gasteiger partial charge < -0.3 is 19.7 Å². The van der Waals surface area contributed by atoms with E-state index in [1.54, 1.807) is 7.11 Å². The number of rotatable bonds is 7. The first-order valence-corrected chi connectivity index (χ1v) is 11.0. The van der Waals surface area contributed by atoms with Gasteiger partial charge in [0.15, 0.2) is 0 Å². The summed E-state index contributed by atoms with van der Waals surface area (Å²) in [5.41, 5.74) is 5.76. The van der Waals surface area contributed by atoms with E-state index >= 15 is 0 Å². The van der Waals surface area contributed by atoms with Gasteiger partial charge in [-0.2, -0.15) is 0 Å². The number of hydrogen-bond donors (Lipinski definition) is 2. The summed E-state index contributed by atoms with van der Waals surface area (Å²) in [6.07, 6.45) is 5.78. The maximum Gasteiger partial charge on any atom is 0.124 e. The van der Waals surface area contributed by atoms with E-state index in [1.165, 1.54) is 17.5 Å². The van der Waals surface area contributed by atoms with Gasteiger partial charge in [0.25, 0.3) is 0 Å². The highest BCUT2D eigenvalue weighted by molar-refractivity contribution is 5.52. The zero-order chi connectivity index (χ0) is 21.9. The number of benzene rings is 2. The molecule has 0 radical (unpaired) electrons. The van der Waals surface area contributed by atoms with Crippen molar-refractivity contribution in [3.05, 3.63) is 57.6 Å². The number of hydrogen-bond acceptors (Lipinski definition) is 4. The zero-order valence-corrected chi connectivity index (χ0v) is 19.0. The van der Waals surface area contributed by atoms with Gasteiger partial charge in [-0.1, -0.05) is 31.4 Å². The summed E-state index contributed by atoms with van der Waals surface area (Å²) in [5, 5.41) is 21.2. The predicted molar refractivity (Wildman–Crippen MR) is 120 cm³/mol. The van der Waals surface area contributed by atoms with Crippen LogP contribution in [0.5, 0.6) is 11.5 Å². The van der Waals surface area contributed by atoms with Crippen LogP contribution in [0.15, 0.2) is 24.3 Å². The lowest BCUT2D eigenvalue weighted by Crippen LogP contribution is -2.31. The lowest BCUT2D eigenvalue weighted by molar-refractivity contribution is 0.0643. The molecule has 2 N–H and O–H groups in total. The molecule has 0 unspecified atom stereocenters. The highest BCUT2D eigenvalue weighted by atomic mass is 16.5. The standard InChI is InChI=1S/C26H36O4/c1-17(2)30-16-21-14-23(12-19(4)25(21)28)26(9-7-6-8-10-26)22-11-18(3)24(27)20(13-22)15-29-5/h11-14,17,27-28H,6-10,15-16H2,1-5H3. The molecule has 1 aliphatic carbocycles. The molecule has 2 aromatic carbocycles. The summed E-state index contributed by atoms with van der Waals surface area (Å²) in [6, 6.07) is 8.52. The van der Waals surface area contributed by atoms with E-state index in [-0.39, 0.29) is 11.5 Å². The Balaban J connectivity index is 2.15. The van der Waals surface area contributed by atoms with Crippen molar-refractivity contribution in [1.29, 1.82) is 0 Å². The summed E-state index contributed by atoms with van der Waals surface area (Å²) in [5.74, 6) is 0.645. The van der Waals surface area contributed by atoms with Gasteiger partial charge in [0, 0.05) is 23.7 Å². The first-order chi connectivity index (χ1) is 14.3. The second-order valence-electron chi connectivity index (χ2n) is 9.04. The Morgan fingerprint density at radius 3 is 1.80 bits per heavy atom. The average molecular weight is 413 g/mol. The second kappa shape index (κ2) is 9.40. The molecule has 1 fully saturated rings. The van der Waals surface area contributed by atoms with Crippen molar-refractivity contribution in [3.8, 4) is 11.5 Å². The van der Waals surface area contributed by atoms with Gasteiger partial charge >= 0.3 is 0 Å². The summed E-state index contributed by atoms with van der Waals surface area (Å²) in [6.45, 7) is 8.72. The molecule has 0 heterocycles. The first-order valence-electron chi connectivity index (χ1n) is 11.0. The topological polar surface area (TPSA) is 58.9 Å². The average Bonchev–Trinajstić information content (AvgIpc) is 2.72. The number of aryl methyl sites for hydroxylation is 2. The monoisotopic (exact) mass is 412 g/mol. The Morgan fingerprint density at radius 2 is 1.33 bits per heavy atom. The van der Waals surface area contributed by atoms with Crippen LogP contribution >= 0.6 is 0 Å². The molecular weight excluding hydrogens is 376 g/mol. The van der Waals surface area contributed by atoms with Crippen LogP contribution < -0.4 is 0 Å². The van der Waals surface area contributed by atoms with Gasteiger partial charge in [0.05, 0.1) is 19.3 Å². The molecule has 0 amide bonds. The number of aromatic hydroxyl groups is 2. The third-order valence-electron chi connectivity index (χ3n) is 6.44. The van der Waals surface area contributed by atoms with E-state index in [4.69, 9.17) is 9.47 Å². The van der Waals surface area contributed by atoms with E-state index in [2.05, 4.69) is 24.3 Å². The zero-order valence-electron chi connectivity index (χ0n) is 19.0. The van der Waals surface area contributed by atoms with E-state index in [0.29, 0.717) is 24.7 Å². The summed E-state index contributed by atoms with van der Waals surface area (Å²) < 4.78 is 11.2. The van der Waals surface area contributed by atoms with E-state index in [1.807, 2.05) is 27.7 Å². The van der Waals surface area contributed by atoms with Crippen molar-refractivity contribution in [3.63, 3.8) is 0 Å². The molecule has 1 saturated carbocycles. The number of phenols is 2. The molecule has 1 aliphatic rings. The molecule has 3 rings (SSSR count). The van der Waals surface area contributed by atoms with E-state index in [9.17, 15) is 10.2 Å². The Labute approximate surface area is 180 Å². The molecule has 0 bridgehead atoms. The van der Waals surface area contributed by atoms with Crippen molar-refractivity contribution in [1.82, 2.24) is 0 Å². The third kappa shape index (κ3) is 4.50. The highest BCUT2D eigenvalue weighted by Gasteiger charge is 2.37. The number of phenolic OH excluding ortho intramolecular Hbond substituents is 2. The Bertz CT molecular complexity index is 879. The largest absolute Gasteiger partial charge is 0.507 e. The minimum Gasteiger partial charge on any atom is -0.507 e. The minimum absolute atomic E-state index is 0.105. The van der Waals surface area contributed by atoms with Crippen molar-refractivity contribution in [2.24, 2.45) is 0 Å². The second-order valence-corrected chi connectivity index (χ2v) is 9.04. The number of ether oxygens (including phenoxy) is 2. The molecule has 0 aromatic heterocycles. The van der Waals surface area contributed by atoms with Gasteiger partial charge in [-0.25, -0.2) is 0 Å². The number of methoxy groups -OCH3 is 1. The predicted octanol–water partition coefficient (Wildman–Crippen LogP) is 6.04. The van der Waals surface area contributed by atoms with E-state index < -0.39 is 0 Å². The van der Waals surface area contributed by atoms with Crippen LogP contribution in [0.3, 0.4) is 0 Å².